The van der Waals surface area contributed by atoms with Gasteiger partial charge in [-0.15, -0.1) is 0 Å². The van der Waals surface area contributed by atoms with Crippen molar-refractivity contribution in [1.29, 1.82) is 0 Å². The number of allylic oxidation sites excluding steroid dienone is 1. The zero-order chi connectivity index (χ0) is 17.3. The van der Waals surface area contributed by atoms with Crippen LogP contribution in [0.2, 0.25) is 0 Å². The summed E-state index contributed by atoms with van der Waals surface area (Å²) in [6, 6.07) is 14.5. The Kier molecular flexibility index (Phi) is 4.15. The van der Waals surface area contributed by atoms with Gasteiger partial charge in [0.15, 0.2) is 5.78 Å². The second kappa shape index (κ2) is 6.12. The number of hydrogen-bond acceptors (Lipinski definition) is 1. The van der Waals surface area contributed by atoms with Gasteiger partial charge < -0.3 is 4.98 Å². The van der Waals surface area contributed by atoms with Crippen LogP contribution in [-0.2, 0) is 0 Å². The van der Waals surface area contributed by atoms with Crippen molar-refractivity contribution in [3.05, 3.63) is 65.9 Å². The smallest absolute Gasteiger partial charge is 0.160 e. The molecule has 122 valence electrons. The number of benzene rings is 2. The van der Waals surface area contributed by atoms with E-state index in [-0.39, 0.29) is 11.2 Å². The quantitative estimate of drug-likeness (QED) is 0.582. The van der Waals surface area contributed by atoms with E-state index in [1.165, 1.54) is 5.39 Å². The Balaban J connectivity index is 2.05. The molecular formula is C22H23NO. The summed E-state index contributed by atoms with van der Waals surface area (Å²) in [6.45, 7) is 8.08. The molecule has 1 aromatic heterocycles. The molecule has 24 heavy (non-hydrogen) atoms. The summed E-state index contributed by atoms with van der Waals surface area (Å²) in [6.07, 6.45) is 6.13. The summed E-state index contributed by atoms with van der Waals surface area (Å²) in [7, 11) is 0. The zero-order valence-corrected chi connectivity index (χ0v) is 14.7. The van der Waals surface area contributed by atoms with Gasteiger partial charge in [-0.2, -0.15) is 0 Å². The lowest BCUT2D eigenvalue weighted by Crippen LogP contribution is -2.00. The average Bonchev–Trinajstić information content (AvgIpc) is 2.99. The fourth-order valence-electron chi connectivity index (χ4n) is 2.76. The third kappa shape index (κ3) is 3.48. The number of rotatable bonds is 3. The topological polar surface area (TPSA) is 32.9 Å². The Morgan fingerprint density at radius 3 is 2.42 bits per heavy atom. The van der Waals surface area contributed by atoms with E-state index in [2.05, 4.69) is 68.2 Å². The molecule has 0 atom stereocenters. The van der Waals surface area contributed by atoms with Crippen LogP contribution in [-0.4, -0.2) is 10.8 Å². The van der Waals surface area contributed by atoms with Gasteiger partial charge in [0.05, 0.1) is 0 Å². The van der Waals surface area contributed by atoms with E-state index in [4.69, 9.17) is 0 Å². The highest BCUT2D eigenvalue weighted by Gasteiger charge is 2.10. The molecule has 0 amide bonds. The lowest BCUT2D eigenvalue weighted by molar-refractivity contribution is 0.101. The maximum Gasteiger partial charge on any atom is 0.160 e. The molecule has 3 rings (SSSR count). The average molecular weight is 317 g/mol. The highest BCUT2D eigenvalue weighted by atomic mass is 16.1. The molecule has 0 fully saturated rings. The third-order valence-corrected chi connectivity index (χ3v) is 4.08. The minimum Gasteiger partial charge on any atom is -0.361 e. The van der Waals surface area contributed by atoms with E-state index in [9.17, 15) is 4.79 Å². The summed E-state index contributed by atoms with van der Waals surface area (Å²) in [5, 5.41) is 1.17. The molecule has 1 N–H and O–H groups in total. The first-order valence-corrected chi connectivity index (χ1v) is 8.25. The third-order valence-electron chi connectivity index (χ3n) is 4.08. The molecular weight excluding hydrogens is 294 g/mol. The SMILES string of the molecule is CC(=O)c1cc(-c2ccc3[nH]ccc3c2)ccc1/C=C/C(C)(C)C. The van der Waals surface area contributed by atoms with Gasteiger partial charge in [0.2, 0.25) is 0 Å². The standard InChI is InChI=1S/C22H23NO/c1-15(24)20-14-18(6-5-16(20)9-11-22(2,3)4)17-7-8-21-19(13-17)10-12-23-21/h5-14,23H,1-4H3/b11-9+. The fourth-order valence-corrected chi connectivity index (χ4v) is 2.76. The molecule has 3 aromatic rings. The van der Waals surface area contributed by atoms with Crippen LogP contribution in [0.5, 0.6) is 0 Å². The van der Waals surface area contributed by atoms with Crippen LogP contribution in [0.15, 0.2) is 54.7 Å². The molecule has 0 spiro atoms. The second-order valence-electron chi connectivity index (χ2n) is 7.34. The van der Waals surface area contributed by atoms with Gasteiger partial charge in [-0.25, -0.2) is 0 Å². The summed E-state index contributed by atoms with van der Waals surface area (Å²) < 4.78 is 0. The van der Waals surface area contributed by atoms with E-state index < -0.39 is 0 Å². The van der Waals surface area contributed by atoms with E-state index >= 15 is 0 Å². The van der Waals surface area contributed by atoms with Crippen LogP contribution in [0.3, 0.4) is 0 Å². The molecule has 2 heteroatoms. The maximum atomic E-state index is 12.1. The van der Waals surface area contributed by atoms with Gasteiger partial charge in [-0.1, -0.05) is 51.1 Å². The summed E-state index contributed by atoms with van der Waals surface area (Å²) in [4.78, 5) is 15.3. The minimum atomic E-state index is 0.0893. The lowest BCUT2D eigenvalue weighted by Gasteiger charge is -2.12. The second-order valence-corrected chi connectivity index (χ2v) is 7.34. The van der Waals surface area contributed by atoms with Crippen LogP contribution in [0.4, 0.5) is 0 Å². The van der Waals surface area contributed by atoms with Crippen molar-refractivity contribution in [2.24, 2.45) is 5.41 Å². The van der Waals surface area contributed by atoms with E-state index in [0.717, 1.165) is 27.8 Å². The predicted molar refractivity (Wildman–Crippen MR) is 102 cm³/mol. The number of hydrogen-bond donors (Lipinski definition) is 1. The van der Waals surface area contributed by atoms with Gasteiger partial charge in [0.1, 0.15) is 0 Å². The molecule has 2 nitrogen and oxygen atoms in total. The van der Waals surface area contributed by atoms with Crippen molar-refractivity contribution in [3.8, 4) is 11.1 Å². The van der Waals surface area contributed by atoms with Crippen molar-refractivity contribution in [2.45, 2.75) is 27.7 Å². The van der Waals surface area contributed by atoms with Crippen molar-refractivity contribution in [2.75, 3.05) is 0 Å². The van der Waals surface area contributed by atoms with Crippen molar-refractivity contribution in [1.82, 2.24) is 4.98 Å². The fraction of sp³-hybridized carbons (Fsp3) is 0.227. The lowest BCUT2D eigenvalue weighted by atomic mass is 9.92. The maximum absolute atomic E-state index is 12.1. The summed E-state index contributed by atoms with van der Waals surface area (Å²) >= 11 is 0. The van der Waals surface area contributed by atoms with Crippen molar-refractivity contribution >= 4 is 22.8 Å². The van der Waals surface area contributed by atoms with Crippen molar-refractivity contribution < 1.29 is 4.79 Å². The molecule has 0 unspecified atom stereocenters. The number of ketones is 1. The number of Topliss-reactive ketones (excluding diaryl/α,β-unsaturated/α-hetero) is 1. The Hall–Kier alpha value is -2.61. The first-order valence-electron chi connectivity index (χ1n) is 8.25. The number of aromatic nitrogens is 1. The molecule has 0 aliphatic carbocycles. The molecule has 2 aromatic carbocycles. The Labute approximate surface area is 143 Å². The number of nitrogens with one attached hydrogen (secondary N) is 1. The van der Waals surface area contributed by atoms with Gasteiger partial charge in [-0.05, 0) is 58.7 Å². The monoisotopic (exact) mass is 317 g/mol. The number of H-pyrrole nitrogens is 1. The Morgan fingerprint density at radius 2 is 1.71 bits per heavy atom. The first-order chi connectivity index (χ1) is 11.3. The van der Waals surface area contributed by atoms with Crippen LogP contribution in [0.1, 0.15) is 43.6 Å². The number of fused-ring (bicyclic) bond motifs is 1. The first kappa shape index (κ1) is 16.3. The van der Waals surface area contributed by atoms with Gasteiger partial charge in [0.25, 0.3) is 0 Å². The Morgan fingerprint density at radius 1 is 1.00 bits per heavy atom. The van der Waals surface area contributed by atoms with Crippen LogP contribution < -0.4 is 0 Å². The molecule has 0 aliphatic heterocycles. The molecule has 1 heterocycles. The van der Waals surface area contributed by atoms with Gasteiger partial charge in [-0.3, -0.25) is 4.79 Å². The zero-order valence-electron chi connectivity index (χ0n) is 14.7. The molecule has 0 radical (unpaired) electrons. The van der Waals surface area contributed by atoms with Crippen molar-refractivity contribution in [3.63, 3.8) is 0 Å². The normalized spacial score (nSPS) is 12.2. The van der Waals surface area contributed by atoms with Gasteiger partial charge in [0, 0.05) is 17.3 Å². The van der Waals surface area contributed by atoms with E-state index in [0.29, 0.717) is 0 Å². The van der Waals surface area contributed by atoms with E-state index in [1.54, 1.807) is 6.92 Å². The van der Waals surface area contributed by atoms with Gasteiger partial charge >= 0.3 is 0 Å². The minimum absolute atomic E-state index is 0.0893. The van der Waals surface area contributed by atoms with Crippen LogP contribution in [0.25, 0.3) is 28.1 Å². The molecule has 0 saturated carbocycles. The summed E-state index contributed by atoms with van der Waals surface area (Å²) in [5.74, 6) is 0.0909. The number of carbonyl (C=O) groups excluding carboxylic acids is 1. The molecule has 0 aliphatic rings. The predicted octanol–water partition coefficient (Wildman–Crippen LogP) is 6.10. The highest BCUT2D eigenvalue weighted by molar-refractivity contribution is 5.99. The largest absolute Gasteiger partial charge is 0.361 e. The summed E-state index contributed by atoms with van der Waals surface area (Å²) in [5.41, 5.74) is 5.14. The Bertz CT molecular complexity index is 923. The molecule has 0 bridgehead atoms. The number of carbonyl (C=O) groups is 1. The van der Waals surface area contributed by atoms with Crippen LogP contribution in [0, 0.1) is 5.41 Å². The van der Waals surface area contributed by atoms with Crippen LogP contribution >= 0.6 is 0 Å². The number of aromatic amines is 1. The molecule has 0 saturated heterocycles. The van der Waals surface area contributed by atoms with E-state index in [1.807, 2.05) is 18.3 Å². The highest BCUT2D eigenvalue weighted by Crippen LogP contribution is 2.27.